The fourth-order valence-corrected chi connectivity index (χ4v) is 2.22. The maximum Gasteiger partial charge on any atom is 0.389 e. The monoisotopic (exact) mass is 261 g/mol. The molecule has 2 heterocycles. The Morgan fingerprint density at radius 3 is 2.88 bits per heavy atom. The maximum atomic E-state index is 11.9. The number of alkyl halides is 3. The molecule has 7 heteroatoms. The molecule has 0 unspecified atom stereocenters. The third-order valence-electron chi connectivity index (χ3n) is 2.17. The number of halogens is 3. The molecule has 0 bridgehead atoms. The van der Waals surface area contributed by atoms with Crippen molar-refractivity contribution >= 4 is 27.4 Å². The molecule has 92 valence electrons. The van der Waals surface area contributed by atoms with E-state index in [2.05, 4.69) is 15.3 Å². The fourth-order valence-electron chi connectivity index (χ4n) is 1.41. The van der Waals surface area contributed by atoms with Gasteiger partial charge in [-0.05, 0) is 17.9 Å². The molecule has 2 aromatic heterocycles. The molecular weight excluding hydrogens is 251 g/mol. The summed E-state index contributed by atoms with van der Waals surface area (Å²) in [6.07, 6.45) is -3.42. The first-order valence-corrected chi connectivity index (χ1v) is 5.93. The number of fused-ring (bicyclic) bond motifs is 1. The van der Waals surface area contributed by atoms with Gasteiger partial charge < -0.3 is 5.32 Å². The van der Waals surface area contributed by atoms with Gasteiger partial charge in [0.2, 0.25) is 0 Å². The van der Waals surface area contributed by atoms with E-state index in [4.69, 9.17) is 0 Å². The Kier molecular flexibility index (Phi) is 3.46. The predicted octanol–water partition coefficient (Wildman–Crippen LogP) is 3.45. The Balaban J connectivity index is 1.93. The zero-order valence-electron chi connectivity index (χ0n) is 8.79. The standard InChI is InChI=1S/C10H10F3N3S/c11-10(12,13)3-1-4-14-9-8-7(2-5-17-8)15-6-16-9/h2,5-6H,1,3-4H2,(H,14,15,16). The smallest absolute Gasteiger partial charge is 0.369 e. The lowest BCUT2D eigenvalue weighted by Gasteiger charge is -2.08. The van der Waals surface area contributed by atoms with E-state index in [9.17, 15) is 13.2 Å². The lowest BCUT2D eigenvalue weighted by atomic mass is 10.3. The summed E-state index contributed by atoms with van der Waals surface area (Å²) in [5.41, 5.74) is 0.809. The van der Waals surface area contributed by atoms with E-state index in [0.717, 1.165) is 10.2 Å². The van der Waals surface area contributed by atoms with Crippen LogP contribution in [0.25, 0.3) is 10.2 Å². The van der Waals surface area contributed by atoms with Gasteiger partial charge in [0.25, 0.3) is 0 Å². The molecule has 17 heavy (non-hydrogen) atoms. The maximum absolute atomic E-state index is 11.9. The molecule has 0 aliphatic rings. The van der Waals surface area contributed by atoms with Crippen LogP contribution in [0.4, 0.5) is 19.0 Å². The van der Waals surface area contributed by atoms with Crippen molar-refractivity contribution in [2.24, 2.45) is 0 Å². The zero-order chi connectivity index (χ0) is 12.3. The van der Waals surface area contributed by atoms with Crippen LogP contribution in [0.5, 0.6) is 0 Å². The molecule has 0 saturated carbocycles. The number of nitrogens with one attached hydrogen (secondary N) is 1. The molecular formula is C10H10F3N3S. The summed E-state index contributed by atoms with van der Waals surface area (Å²) in [5.74, 6) is 0.604. The number of aromatic nitrogens is 2. The van der Waals surface area contributed by atoms with Gasteiger partial charge in [0.1, 0.15) is 12.1 Å². The van der Waals surface area contributed by atoms with E-state index in [1.807, 2.05) is 11.4 Å². The third kappa shape index (κ3) is 3.29. The lowest BCUT2D eigenvalue weighted by molar-refractivity contribution is -0.134. The van der Waals surface area contributed by atoms with Crippen LogP contribution in [-0.4, -0.2) is 22.7 Å². The van der Waals surface area contributed by atoms with E-state index in [1.54, 1.807) is 0 Å². The number of nitrogens with zero attached hydrogens (tertiary/aromatic N) is 2. The van der Waals surface area contributed by atoms with Crippen molar-refractivity contribution in [3.8, 4) is 0 Å². The molecule has 1 N–H and O–H groups in total. The van der Waals surface area contributed by atoms with Crippen LogP contribution in [0.1, 0.15) is 12.8 Å². The first-order valence-electron chi connectivity index (χ1n) is 5.05. The van der Waals surface area contributed by atoms with Gasteiger partial charge in [0.05, 0.1) is 10.2 Å². The first-order chi connectivity index (χ1) is 8.06. The van der Waals surface area contributed by atoms with Gasteiger partial charge in [-0.25, -0.2) is 9.97 Å². The zero-order valence-corrected chi connectivity index (χ0v) is 9.61. The van der Waals surface area contributed by atoms with Gasteiger partial charge in [-0.3, -0.25) is 0 Å². The summed E-state index contributed by atoms with van der Waals surface area (Å²) < 4.78 is 36.7. The lowest BCUT2D eigenvalue weighted by Crippen LogP contribution is -2.11. The SMILES string of the molecule is FC(F)(F)CCCNc1ncnc2ccsc12. The summed E-state index contributed by atoms with van der Waals surface area (Å²) >= 11 is 1.47. The number of rotatable bonds is 4. The van der Waals surface area contributed by atoms with Crippen LogP contribution in [0, 0.1) is 0 Å². The van der Waals surface area contributed by atoms with Crippen LogP contribution >= 0.6 is 11.3 Å². The van der Waals surface area contributed by atoms with E-state index < -0.39 is 12.6 Å². The Labute approximate surface area is 99.7 Å². The molecule has 0 radical (unpaired) electrons. The minimum atomic E-state index is -4.09. The molecule has 0 spiro atoms. The highest BCUT2D eigenvalue weighted by Crippen LogP contribution is 2.25. The number of thiophene rings is 1. The van der Waals surface area contributed by atoms with Crippen LogP contribution in [-0.2, 0) is 0 Å². The molecule has 2 aromatic rings. The second-order valence-corrected chi connectivity index (χ2v) is 4.42. The topological polar surface area (TPSA) is 37.8 Å². The Bertz CT molecular complexity index is 495. The van der Waals surface area contributed by atoms with Gasteiger partial charge in [-0.2, -0.15) is 13.2 Å². The highest BCUT2D eigenvalue weighted by molar-refractivity contribution is 7.17. The molecule has 0 aromatic carbocycles. The van der Waals surface area contributed by atoms with Crippen molar-refractivity contribution in [2.45, 2.75) is 19.0 Å². The fraction of sp³-hybridized carbons (Fsp3) is 0.400. The van der Waals surface area contributed by atoms with Crippen molar-refractivity contribution in [1.29, 1.82) is 0 Å². The van der Waals surface area contributed by atoms with E-state index in [0.29, 0.717) is 5.82 Å². The summed E-state index contributed by atoms with van der Waals surface area (Å²) in [6.45, 7) is 0.253. The van der Waals surface area contributed by atoms with Crippen LogP contribution < -0.4 is 5.32 Å². The predicted molar refractivity (Wildman–Crippen MR) is 61.2 cm³/mol. The quantitative estimate of drug-likeness (QED) is 0.857. The van der Waals surface area contributed by atoms with Crippen LogP contribution in [0.2, 0.25) is 0 Å². The van der Waals surface area contributed by atoms with E-state index in [-0.39, 0.29) is 13.0 Å². The molecule has 0 aliphatic carbocycles. The van der Waals surface area contributed by atoms with Gasteiger partial charge >= 0.3 is 6.18 Å². The summed E-state index contributed by atoms with van der Waals surface area (Å²) in [5, 5.41) is 4.78. The Morgan fingerprint density at radius 2 is 2.12 bits per heavy atom. The average molecular weight is 261 g/mol. The average Bonchev–Trinajstić information content (AvgIpc) is 2.71. The molecule has 0 atom stereocenters. The number of hydrogen-bond acceptors (Lipinski definition) is 4. The normalized spacial score (nSPS) is 11.9. The van der Waals surface area contributed by atoms with Gasteiger partial charge in [0.15, 0.2) is 0 Å². The van der Waals surface area contributed by atoms with Gasteiger partial charge in [0, 0.05) is 13.0 Å². The highest BCUT2D eigenvalue weighted by atomic mass is 32.1. The van der Waals surface area contributed by atoms with E-state index >= 15 is 0 Å². The van der Waals surface area contributed by atoms with Crippen molar-refractivity contribution in [2.75, 3.05) is 11.9 Å². The third-order valence-corrected chi connectivity index (χ3v) is 3.08. The second kappa shape index (κ2) is 4.87. The van der Waals surface area contributed by atoms with E-state index in [1.165, 1.54) is 17.7 Å². The van der Waals surface area contributed by atoms with Crippen LogP contribution in [0.3, 0.4) is 0 Å². The Morgan fingerprint density at radius 1 is 1.29 bits per heavy atom. The molecule has 3 nitrogen and oxygen atoms in total. The molecule has 0 saturated heterocycles. The largest absolute Gasteiger partial charge is 0.389 e. The van der Waals surface area contributed by atoms with Crippen molar-refractivity contribution in [3.05, 3.63) is 17.8 Å². The van der Waals surface area contributed by atoms with Crippen molar-refractivity contribution in [3.63, 3.8) is 0 Å². The second-order valence-electron chi connectivity index (χ2n) is 3.50. The summed E-state index contributed by atoms with van der Waals surface area (Å²) in [7, 11) is 0. The summed E-state index contributed by atoms with van der Waals surface area (Å²) in [6, 6.07) is 1.85. The van der Waals surface area contributed by atoms with Crippen molar-refractivity contribution in [1.82, 2.24) is 9.97 Å². The number of anilines is 1. The van der Waals surface area contributed by atoms with Gasteiger partial charge in [-0.15, -0.1) is 11.3 Å². The highest BCUT2D eigenvalue weighted by Gasteiger charge is 2.25. The first kappa shape index (κ1) is 12.1. The molecule has 2 rings (SSSR count). The minimum Gasteiger partial charge on any atom is -0.369 e. The van der Waals surface area contributed by atoms with Crippen molar-refractivity contribution < 1.29 is 13.2 Å². The van der Waals surface area contributed by atoms with Gasteiger partial charge in [-0.1, -0.05) is 0 Å². The Hall–Kier alpha value is -1.37. The molecule has 0 aliphatic heterocycles. The van der Waals surface area contributed by atoms with Crippen LogP contribution in [0.15, 0.2) is 17.8 Å². The number of hydrogen-bond donors (Lipinski definition) is 1. The summed E-state index contributed by atoms with van der Waals surface area (Å²) in [4.78, 5) is 8.07. The minimum absolute atomic E-state index is 0.0420. The molecule has 0 amide bonds. The molecule has 0 fully saturated rings.